The number of rotatable bonds is 10. The van der Waals surface area contributed by atoms with E-state index >= 15 is 0 Å². The molecule has 0 spiro atoms. The predicted molar refractivity (Wildman–Crippen MR) is 81.4 cm³/mol. The summed E-state index contributed by atoms with van der Waals surface area (Å²) in [6.07, 6.45) is 9.06. The van der Waals surface area contributed by atoms with E-state index in [1.807, 2.05) is 30.3 Å². The molecule has 0 saturated heterocycles. The van der Waals surface area contributed by atoms with Crippen LogP contribution in [0.15, 0.2) is 30.3 Å². The van der Waals surface area contributed by atoms with Gasteiger partial charge in [0.25, 0.3) is 0 Å². The third kappa shape index (κ3) is 7.42. The van der Waals surface area contributed by atoms with Crippen LogP contribution in [0.25, 0.3) is 0 Å². The average Bonchev–Trinajstić information content (AvgIpc) is 2.46. The molecule has 2 nitrogen and oxygen atoms in total. The fourth-order valence-electron chi connectivity index (χ4n) is 2.61. The standard InChI is InChI=1S/C18H28O2.K/c1-3-4-5-6-7-8-12-15-18(2,17(19)20)16-13-10-9-11-14-16;/h9-11,13-14H,3-8,12,15H2,1-2H3,(H,19,20);/q;+1/p-1. The van der Waals surface area contributed by atoms with Gasteiger partial charge in [0.1, 0.15) is 0 Å². The van der Waals surface area contributed by atoms with E-state index < -0.39 is 11.4 Å². The van der Waals surface area contributed by atoms with Crippen LogP contribution in [0.5, 0.6) is 0 Å². The molecule has 1 aromatic rings. The number of unbranched alkanes of at least 4 members (excludes halogenated alkanes) is 6. The zero-order valence-electron chi connectivity index (χ0n) is 13.9. The Hall–Kier alpha value is 0.326. The predicted octanol–water partition coefficient (Wildman–Crippen LogP) is 0.839. The summed E-state index contributed by atoms with van der Waals surface area (Å²) in [4.78, 5) is 11.5. The van der Waals surface area contributed by atoms with Crippen molar-refractivity contribution in [2.75, 3.05) is 0 Å². The summed E-state index contributed by atoms with van der Waals surface area (Å²) in [7, 11) is 0. The van der Waals surface area contributed by atoms with Crippen molar-refractivity contribution in [3.63, 3.8) is 0 Å². The minimum absolute atomic E-state index is 0. The van der Waals surface area contributed by atoms with Crippen molar-refractivity contribution < 1.29 is 61.3 Å². The van der Waals surface area contributed by atoms with Crippen molar-refractivity contribution >= 4 is 5.97 Å². The van der Waals surface area contributed by atoms with Crippen molar-refractivity contribution in [3.8, 4) is 0 Å². The molecule has 1 atom stereocenters. The number of hydrogen-bond donors (Lipinski definition) is 0. The van der Waals surface area contributed by atoms with Gasteiger partial charge in [-0.05, 0) is 12.0 Å². The molecule has 0 bridgehead atoms. The van der Waals surface area contributed by atoms with Crippen LogP contribution in [0.1, 0.15) is 70.8 Å². The largest absolute Gasteiger partial charge is 1.00 e. The van der Waals surface area contributed by atoms with Gasteiger partial charge in [-0.3, -0.25) is 0 Å². The Morgan fingerprint density at radius 3 is 2.05 bits per heavy atom. The molecule has 0 aromatic heterocycles. The second kappa shape index (κ2) is 11.8. The second-order valence-corrected chi connectivity index (χ2v) is 5.86. The zero-order chi connectivity index (χ0) is 14.8. The van der Waals surface area contributed by atoms with Crippen molar-refractivity contribution in [2.45, 2.75) is 70.6 Å². The first-order chi connectivity index (χ1) is 9.61. The molecular formula is C18H27KO2. The van der Waals surface area contributed by atoms with Gasteiger partial charge in [0, 0.05) is 5.41 Å². The molecule has 21 heavy (non-hydrogen) atoms. The first kappa shape index (κ1) is 21.3. The summed E-state index contributed by atoms with van der Waals surface area (Å²) < 4.78 is 0. The van der Waals surface area contributed by atoms with Crippen LogP contribution in [0.4, 0.5) is 0 Å². The molecule has 1 unspecified atom stereocenters. The van der Waals surface area contributed by atoms with Crippen LogP contribution in [-0.2, 0) is 10.2 Å². The quantitative estimate of drug-likeness (QED) is 0.474. The summed E-state index contributed by atoms with van der Waals surface area (Å²) in [5.74, 6) is -0.963. The van der Waals surface area contributed by atoms with E-state index in [1.165, 1.54) is 32.1 Å². The van der Waals surface area contributed by atoms with Gasteiger partial charge in [-0.2, -0.15) is 0 Å². The van der Waals surface area contributed by atoms with Gasteiger partial charge in [-0.25, -0.2) is 0 Å². The molecule has 0 amide bonds. The smallest absolute Gasteiger partial charge is 0.549 e. The Kier molecular flexibility index (Phi) is 12.0. The number of carboxylic acid groups (broad SMARTS) is 1. The topological polar surface area (TPSA) is 40.1 Å². The molecule has 1 rings (SSSR count). The molecule has 0 heterocycles. The van der Waals surface area contributed by atoms with E-state index in [9.17, 15) is 9.90 Å². The molecule has 0 radical (unpaired) electrons. The number of aliphatic carboxylic acids is 1. The monoisotopic (exact) mass is 314 g/mol. The van der Waals surface area contributed by atoms with Crippen molar-refractivity contribution in [1.29, 1.82) is 0 Å². The molecule has 112 valence electrons. The number of carbonyl (C=O) groups is 1. The van der Waals surface area contributed by atoms with Gasteiger partial charge >= 0.3 is 51.4 Å². The van der Waals surface area contributed by atoms with E-state index in [1.54, 1.807) is 6.92 Å². The van der Waals surface area contributed by atoms with Crippen LogP contribution in [0, 0.1) is 0 Å². The van der Waals surface area contributed by atoms with Crippen molar-refractivity contribution in [1.82, 2.24) is 0 Å². The Morgan fingerprint density at radius 2 is 1.52 bits per heavy atom. The van der Waals surface area contributed by atoms with Gasteiger partial charge in [0.15, 0.2) is 0 Å². The van der Waals surface area contributed by atoms with Gasteiger partial charge in [0.2, 0.25) is 0 Å². The molecule has 0 aliphatic carbocycles. The van der Waals surface area contributed by atoms with Crippen molar-refractivity contribution in [3.05, 3.63) is 35.9 Å². The Labute approximate surface area is 172 Å². The fourth-order valence-corrected chi connectivity index (χ4v) is 2.61. The summed E-state index contributed by atoms with van der Waals surface area (Å²) in [5.41, 5.74) is -0.00371. The normalized spacial score (nSPS) is 13.2. The van der Waals surface area contributed by atoms with Gasteiger partial charge < -0.3 is 9.90 Å². The Bertz CT molecular complexity index is 391. The van der Waals surface area contributed by atoms with E-state index in [4.69, 9.17) is 0 Å². The SMILES string of the molecule is CCCCCCCCCC(C)(C(=O)[O-])c1ccccc1.[K+]. The van der Waals surface area contributed by atoms with E-state index in [0.717, 1.165) is 18.4 Å². The Balaban J connectivity index is 0.00000400. The van der Waals surface area contributed by atoms with Crippen LogP contribution >= 0.6 is 0 Å². The minimum Gasteiger partial charge on any atom is -0.549 e. The maximum Gasteiger partial charge on any atom is 1.00 e. The number of carbonyl (C=O) groups excluding carboxylic acids is 1. The van der Waals surface area contributed by atoms with Crippen molar-refractivity contribution in [2.24, 2.45) is 0 Å². The van der Waals surface area contributed by atoms with E-state index in [2.05, 4.69) is 6.92 Å². The minimum atomic E-state index is -0.963. The number of benzene rings is 1. The van der Waals surface area contributed by atoms with Crippen LogP contribution in [0.2, 0.25) is 0 Å². The van der Waals surface area contributed by atoms with E-state index in [-0.39, 0.29) is 51.4 Å². The maximum atomic E-state index is 11.5. The first-order valence-corrected chi connectivity index (χ1v) is 7.88. The first-order valence-electron chi connectivity index (χ1n) is 7.88. The summed E-state index contributed by atoms with van der Waals surface area (Å²) in [6, 6.07) is 9.46. The third-order valence-corrected chi connectivity index (χ3v) is 4.14. The summed E-state index contributed by atoms with van der Waals surface area (Å²) >= 11 is 0. The zero-order valence-corrected chi connectivity index (χ0v) is 17.0. The maximum absolute atomic E-state index is 11.5. The Morgan fingerprint density at radius 1 is 1.00 bits per heavy atom. The van der Waals surface area contributed by atoms with Crippen LogP contribution in [0.3, 0.4) is 0 Å². The summed E-state index contributed by atoms with van der Waals surface area (Å²) in [6.45, 7) is 4.00. The molecule has 3 heteroatoms. The number of hydrogen-bond acceptors (Lipinski definition) is 2. The van der Waals surface area contributed by atoms with Crippen LogP contribution in [-0.4, -0.2) is 5.97 Å². The molecule has 1 aromatic carbocycles. The summed E-state index contributed by atoms with van der Waals surface area (Å²) in [5, 5.41) is 11.5. The van der Waals surface area contributed by atoms with Gasteiger partial charge in [-0.15, -0.1) is 0 Å². The second-order valence-electron chi connectivity index (χ2n) is 5.86. The third-order valence-electron chi connectivity index (χ3n) is 4.14. The van der Waals surface area contributed by atoms with Crippen LogP contribution < -0.4 is 56.5 Å². The molecule has 0 N–H and O–H groups in total. The molecule has 0 saturated carbocycles. The molecule has 0 fully saturated rings. The number of carboxylic acids is 1. The van der Waals surface area contributed by atoms with Gasteiger partial charge in [0.05, 0.1) is 5.97 Å². The van der Waals surface area contributed by atoms with E-state index in [0.29, 0.717) is 6.42 Å². The molecule has 0 aliphatic rings. The average molecular weight is 315 g/mol. The fraction of sp³-hybridized carbons (Fsp3) is 0.611. The molecular weight excluding hydrogens is 287 g/mol. The van der Waals surface area contributed by atoms with Gasteiger partial charge in [-0.1, -0.05) is 89.1 Å². The molecule has 0 aliphatic heterocycles.